The van der Waals surface area contributed by atoms with E-state index in [1.54, 1.807) is 0 Å². The van der Waals surface area contributed by atoms with Crippen molar-refractivity contribution in [2.24, 2.45) is 5.92 Å². The van der Waals surface area contributed by atoms with Crippen molar-refractivity contribution in [3.63, 3.8) is 0 Å². The Morgan fingerprint density at radius 2 is 1.84 bits per heavy atom. The minimum absolute atomic E-state index is 0.0418. The summed E-state index contributed by atoms with van der Waals surface area (Å²) in [7, 11) is 0. The molecule has 1 aliphatic carbocycles. The molecule has 0 aromatic heterocycles. The van der Waals surface area contributed by atoms with Crippen molar-refractivity contribution in [1.29, 1.82) is 0 Å². The summed E-state index contributed by atoms with van der Waals surface area (Å²) < 4.78 is 0. The molecule has 2 amide bonds. The van der Waals surface area contributed by atoms with Gasteiger partial charge in [-0.1, -0.05) is 42.5 Å². The highest BCUT2D eigenvalue weighted by Crippen LogP contribution is 2.30. The van der Waals surface area contributed by atoms with E-state index >= 15 is 0 Å². The number of amides is 2. The first-order valence-electron chi connectivity index (χ1n) is 9.22. The molecule has 0 spiro atoms. The molecule has 1 saturated heterocycles. The molecule has 2 aromatic rings. The molecule has 0 unspecified atom stereocenters. The first kappa shape index (κ1) is 16.0. The number of carbonyl (C=O) groups is 1. The van der Waals surface area contributed by atoms with Gasteiger partial charge in [-0.15, -0.1) is 0 Å². The van der Waals surface area contributed by atoms with Crippen molar-refractivity contribution in [3.8, 4) is 0 Å². The van der Waals surface area contributed by atoms with Crippen LogP contribution in [0.2, 0.25) is 0 Å². The Hall–Kier alpha value is -2.49. The van der Waals surface area contributed by atoms with Gasteiger partial charge in [-0.3, -0.25) is 0 Å². The standard InChI is InChI=1S/C21H25N3O/c25-21(23-20-11-10-17-6-4-5-9-19(17)20)22-14-16-12-13-24(15-16)18-7-2-1-3-8-18/h1-9,16,20H,10-15H2,(H2,22,23,25)/t16-,20-/m1/s1. The molecule has 2 aliphatic rings. The summed E-state index contributed by atoms with van der Waals surface area (Å²) in [5.41, 5.74) is 3.91. The van der Waals surface area contributed by atoms with E-state index in [0.717, 1.165) is 38.9 Å². The summed E-state index contributed by atoms with van der Waals surface area (Å²) in [6.07, 6.45) is 3.18. The third-order valence-corrected chi connectivity index (χ3v) is 5.40. The Labute approximate surface area is 149 Å². The third kappa shape index (κ3) is 3.63. The number of hydrogen-bond donors (Lipinski definition) is 2. The average molecular weight is 335 g/mol. The fourth-order valence-corrected chi connectivity index (χ4v) is 4.03. The number of fused-ring (bicyclic) bond motifs is 1. The maximum atomic E-state index is 12.3. The number of aryl methyl sites for hydroxylation is 1. The number of anilines is 1. The summed E-state index contributed by atoms with van der Waals surface area (Å²) in [5.74, 6) is 0.516. The van der Waals surface area contributed by atoms with Crippen LogP contribution in [0, 0.1) is 5.92 Å². The molecule has 0 radical (unpaired) electrons. The van der Waals surface area contributed by atoms with E-state index in [2.05, 4.69) is 58.0 Å². The number of nitrogens with zero attached hydrogens (tertiary/aromatic N) is 1. The molecule has 4 heteroatoms. The minimum atomic E-state index is -0.0418. The van der Waals surface area contributed by atoms with Gasteiger partial charge in [0.2, 0.25) is 0 Å². The Balaban J connectivity index is 1.25. The van der Waals surface area contributed by atoms with Crippen molar-refractivity contribution in [2.75, 3.05) is 24.5 Å². The maximum absolute atomic E-state index is 12.3. The lowest BCUT2D eigenvalue weighted by atomic mass is 10.1. The predicted octanol–water partition coefficient (Wildman–Crippen LogP) is 3.50. The van der Waals surface area contributed by atoms with Gasteiger partial charge in [0, 0.05) is 25.3 Å². The first-order valence-corrected chi connectivity index (χ1v) is 9.22. The van der Waals surface area contributed by atoms with Crippen LogP contribution >= 0.6 is 0 Å². The largest absolute Gasteiger partial charge is 0.371 e. The molecule has 4 nitrogen and oxygen atoms in total. The van der Waals surface area contributed by atoms with Crippen molar-refractivity contribution < 1.29 is 4.79 Å². The van der Waals surface area contributed by atoms with Crippen molar-refractivity contribution >= 4 is 11.7 Å². The summed E-state index contributed by atoms with van der Waals surface area (Å²) in [6, 6.07) is 19.0. The second-order valence-corrected chi connectivity index (χ2v) is 7.08. The van der Waals surface area contributed by atoms with Gasteiger partial charge in [-0.2, -0.15) is 0 Å². The van der Waals surface area contributed by atoms with Crippen molar-refractivity contribution in [2.45, 2.75) is 25.3 Å². The highest BCUT2D eigenvalue weighted by molar-refractivity contribution is 5.74. The van der Waals surface area contributed by atoms with Gasteiger partial charge in [0.1, 0.15) is 0 Å². The normalized spacial score (nSPS) is 21.8. The topological polar surface area (TPSA) is 44.4 Å². The molecular weight excluding hydrogens is 310 g/mol. The third-order valence-electron chi connectivity index (χ3n) is 5.40. The zero-order valence-corrected chi connectivity index (χ0v) is 14.4. The molecule has 1 fully saturated rings. The van der Waals surface area contributed by atoms with Crippen LogP contribution < -0.4 is 15.5 Å². The molecule has 0 saturated carbocycles. The van der Waals surface area contributed by atoms with Crippen LogP contribution in [-0.2, 0) is 6.42 Å². The molecule has 2 atom stereocenters. The van der Waals surface area contributed by atoms with E-state index in [0.29, 0.717) is 5.92 Å². The number of carbonyl (C=O) groups excluding carboxylic acids is 1. The fourth-order valence-electron chi connectivity index (χ4n) is 4.03. The maximum Gasteiger partial charge on any atom is 0.315 e. The summed E-state index contributed by atoms with van der Waals surface area (Å²) in [6.45, 7) is 2.81. The lowest BCUT2D eigenvalue weighted by molar-refractivity contribution is 0.235. The number of urea groups is 1. The van der Waals surface area contributed by atoms with Gasteiger partial charge in [-0.25, -0.2) is 4.79 Å². The van der Waals surface area contributed by atoms with E-state index in [1.165, 1.54) is 16.8 Å². The monoisotopic (exact) mass is 335 g/mol. The van der Waals surface area contributed by atoms with Crippen LogP contribution in [0.5, 0.6) is 0 Å². The van der Waals surface area contributed by atoms with Crippen molar-refractivity contribution in [3.05, 3.63) is 65.7 Å². The number of benzene rings is 2. The van der Waals surface area contributed by atoms with Gasteiger partial charge in [0.15, 0.2) is 0 Å². The summed E-state index contributed by atoms with van der Waals surface area (Å²) in [5, 5.41) is 6.22. The van der Waals surface area contributed by atoms with Gasteiger partial charge in [-0.05, 0) is 48.4 Å². The molecule has 2 N–H and O–H groups in total. The Morgan fingerprint density at radius 3 is 2.72 bits per heavy atom. The predicted molar refractivity (Wildman–Crippen MR) is 101 cm³/mol. The number of rotatable bonds is 4. The van der Waals surface area contributed by atoms with Crippen LogP contribution in [0.3, 0.4) is 0 Å². The van der Waals surface area contributed by atoms with E-state index in [1.807, 2.05) is 12.1 Å². The van der Waals surface area contributed by atoms with E-state index in [-0.39, 0.29) is 12.1 Å². The molecule has 0 bridgehead atoms. The van der Waals surface area contributed by atoms with Gasteiger partial charge in [0.05, 0.1) is 6.04 Å². The highest BCUT2D eigenvalue weighted by atomic mass is 16.2. The van der Waals surface area contributed by atoms with E-state index in [9.17, 15) is 4.79 Å². The number of hydrogen-bond acceptors (Lipinski definition) is 2. The Kier molecular flexibility index (Phi) is 4.59. The number of nitrogens with one attached hydrogen (secondary N) is 2. The van der Waals surface area contributed by atoms with Crippen LogP contribution in [0.25, 0.3) is 0 Å². The van der Waals surface area contributed by atoms with Crippen LogP contribution in [0.1, 0.15) is 30.0 Å². The summed E-state index contributed by atoms with van der Waals surface area (Å²) >= 11 is 0. The van der Waals surface area contributed by atoms with Crippen molar-refractivity contribution in [1.82, 2.24) is 10.6 Å². The van der Waals surface area contributed by atoms with E-state index in [4.69, 9.17) is 0 Å². The van der Waals surface area contributed by atoms with Crippen LogP contribution in [0.4, 0.5) is 10.5 Å². The lowest BCUT2D eigenvalue weighted by Crippen LogP contribution is -2.40. The van der Waals surface area contributed by atoms with Crippen LogP contribution in [0.15, 0.2) is 54.6 Å². The molecule has 4 rings (SSSR count). The second-order valence-electron chi connectivity index (χ2n) is 7.08. The van der Waals surface area contributed by atoms with Gasteiger partial charge >= 0.3 is 6.03 Å². The second kappa shape index (κ2) is 7.18. The summed E-state index contributed by atoms with van der Waals surface area (Å²) in [4.78, 5) is 14.7. The Bertz CT molecular complexity index is 731. The first-order chi connectivity index (χ1) is 12.3. The molecular formula is C21H25N3O. The molecule has 1 aliphatic heterocycles. The Morgan fingerprint density at radius 1 is 1.04 bits per heavy atom. The molecule has 25 heavy (non-hydrogen) atoms. The zero-order valence-electron chi connectivity index (χ0n) is 14.4. The van der Waals surface area contributed by atoms with Gasteiger partial charge < -0.3 is 15.5 Å². The number of para-hydroxylation sites is 1. The minimum Gasteiger partial charge on any atom is -0.371 e. The lowest BCUT2D eigenvalue weighted by Gasteiger charge is -2.19. The zero-order chi connectivity index (χ0) is 17.1. The molecule has 2 aromatic carbocycles. The average Bonchev–Trinajstić information content (AvgIpc) is 3.28. The van der Waals surface area contributed by atoms with E-state index < -0.39 is 0 Å². The van der Waals surface area contributed by atoms with Crippen LogP contribution in [-0.4, -0.2) is 25.7 Å². The van der Waals surface area contributed by atoms with Gasteiger partial charge in [0.25, 0.3) is 0 Å². The fraction of sp³-hybridized carbons (Fsp3) is 0.381. The molecule has 130 valence electrons. The SMILES string of the molecule is O=C(NC[C@H]1CCN(c2ccccc2)C1)N[C@@H]1CCc2ccccc21. The smallest absolute Gasteiger partial charge is 0.315 e. The quantitative estimate of drug-likeness (QED) is 0.898. The molecule has 1 heterocycles. The highest BCUT2D eigenvalue weighted by Gasteiger charge is 2.25.